The summed E-state index contributed by atoms with van der Waals surface area (Å²) in [4.78, 5) is 18.6. The maximum atomic E-state index is 13.5. The smallest absolute Gasteiger partial charge is 0.279 e. The first-order valence-corrected chi connectivity index (χ1v) is 9.82. The summed E-state index contributed by atoms with van der Waals surface area (Å²) in [5, 5.41) is 0.446. The Kier molecular flexibility index (Phi) is 5.39. The van der Waals surface area contributed by atoms with Gasteiger partial charge in [-0.25, -0.2) is 4.39 Å². The van der Waals surface area contributed by atoms with E-state index in [0.717, 1.165) is 15.1 Å². The minimum Gasteiger partial charge on any atom is -0.317 e. The van der Waals surface area contributed by atoms with Crippen molar-refractivity contribution in [3.8, 4) is 0 Å². The highest BCUT2D eigenvalue weighted by Gasteiger charge is 2.10. The van der Waals surface area contributed by atoms with Gasteiger partial charge in [0.05, 0.1) is 10.2 Å². The Morgan fingerprint density at radius 1 is 1.28 bits per heavy atom. The minimum absolute atomic E-state index is 0.277. The van der Waals surface area contributed by atoms with E-state index in [1.165, 1.54) is 23.5 Å². The number of halogens is 1. The number of carbonyl (C=O) groups excluding carboxylic acids is 1. The predicted octanol–water partition coefficient (Wildman–Crippen LogP) is 5.10. The van der Waals surface area contributed by atoms with Gasteiger partial charge in [-0.2, -0.15) is 4.99 Å². The topological polar surface area (TPSA) is 34.4 Å². The minimum atomic E-state index is -0.284. The monoisotopic (exact) mass is 374 g/mol. The number of fused-ring (bicyclic) bond motifs is 1. The van der Waals surface area contributed by atoms with Gasteiger partial charge in [-0.05, 0) is 43.3 Å². The van der Waals surface area contributed by atoms with Crippen molar-refractivity contribution in [2.75, 3.05) is 0 Å². The van der Waals surface area contributed by atoms with E-state index in [2.05, 4.69) is 18.8 Å². The first-order chi connectivity index (χ1) is 12.0. The van der Waals surface area contributed by atoms with E-state index in [1.54, 1.807) is 23.9 Å². The molecule has 0 saturated carbocycles. The van der Waals surface area contributed by atoms with Crippen molar-refractivity contribution in [3.05, 3.63) is 58.6 Å². The Morgan fingerprint density at radius 2 is 2.08 bits per heavy atom. The highest BCUT2D eigenvalue weighted by atomic mass is 32.2. The van der Waals surface area contributed by atoms with Crippen LogP contribution in [0, 0.1) is 5.82 Å². The molecule has 0 fully saturated rings. The average molecular weight is 375 g/mol. The third-order valence-electron chi connectivity index (χ3n) is 3.61. The van der Waals surface area contributed by atoms with Crippen LogP contribution in [0.1, 0.15) is 31.1 Å². The summed E-state index contributed by atoms with van der Waals surface area (Å²) < 4.78 is 16.2. The summed E-state index contributed by atoms with van der Waals surface area (Å²) in [7, 11) is 0. The molecule has 1 aromatic heterocycles. The molecule has 3 rings (SSSR count). The molecule has 0 aliphatic carbocycles. The van der Waals surface area contributed by atoms with Crippen molar-refractivity contribution >= 4 is 39.2 Å². The maximum absolute atomic E-state index is 13.5. The predicted molar refractivity (Wildman–Crippen MR) is 103 cm³/mol. The summed E-state index contributed by atoms with van der Waals surface area (Å²) in [5.74, 6) is -0.561. The molecule has 0 saturated heterocycles. The molecule has 3 aromatic rings. The Balaban J connectivity index is 2.03. The Bertz CT molecular complexity index is 988. The van der Waals surface area contributed by atoms with Crippen LogP contribution in [0.5, 0.6) is 0 Å². The maximum Gasteiger partial charge on any atom is 0.279 e. The number of thiazole rings is 1. The van der Waals surface area contributed by atoms with Crippen LogP contribution in [0.3, 0.4) is 0 Å². The van der Waals surface area contributed by atoms with Crippen LogP contribution in [-0.4, -0.2) is 15.7 Å². The van der Waals surface area contributed by atoms with Gasteiger partial charge in [-0.1, -0.05) is 31.3 Å². The van der Waals surface area contributed by atoms with Gasteiger partial charge in [0.2, 0.25) is 0 Å². The molecule has 0 N–H and O–H groups in total. The van der Waals surface area contributed by atoms with Crippen molar-refractivity contribution < 1.29 is 9.18 Å². The van der Waals surface area contributed by atoms with Crippen molar-refractivity contribution in [3.63, 3.8) is 0 Å². The number of carbonyl (C=O) groups is 1. The molecule has 3 nitrogen and oxygen atoms in total. The van der Waals surface area contributed by atoms with E-state index >= 15 is 0 Å². The molecule has 0 bridgehead atoms. The van der Waals surface area contributed by atoms with Gasteiger partial charge in [-0.15, -0.1) is 11.8 Å². The summed E-state index contributed by atoms with van der Waals surface area (Å²) in [6, 6.07) is 12.2. The molecule has 0 radical (unpaired) electrons. The summed E-state index contributed by atoms with van der Waals surface area (Å²) >= 11 is 3.04. The van der Waals surface area contributed by atoms with Gasteiger partial charge in [-0.3, -0.25) is 4.79 Å². The molecular formula is C19H19FN2OS2. The molecule has 2 aromatic carbocycles. The zero-order chi connectivity index (χ0) is 18.0. The molecule has 25 heavy (non-hydrogen) atoms. The number of hydrogen-bond acceptors (Lipinski definition) is 3. The fraction of sp³-hybridized carbons (Fsp3) is 0.263. The van der Waals surface area contributed by atoms with Crippen LogP contribution in [0.4, 0.5) is 4.39 Å². The van der Waals surface area contributed by atoms with Gasteiger partial charge < -0.3 is 4.57 Å². The van der Waals surface area contributed by atoms with Crippen LogP contribution in [-0.2, 0) is 6.54 Å². The van der Waals surface area contributed by atoms with Crippen molar-refractivity contribution in [1.82, 2.24) is 4.57 Å². The lowest BCUT2D eigenvalue weighted by atomic mass is 10.2. The van der Waals surface area contributed by atoms with Gasteiger partial charge in [0.1, 0.15) is 5.82 Å². The fourth-order valence-electron chi connectivity index (χ4n) is 2.56. The number of amides is 1. The second-order valence-electron chi connectivity index (χ2n) is 5.85. The Morgan fingerprint density at radius 3 is 2.80 bits per heavy atom. The van der Waals surface area contributed by atoms with Gasteiger partial charge >= 0.3 is 0 Å². The van der Waals surface area contributed by atoms with Crippen LogP contribution in [0.25, 0.3) is 10.2 Å². The highest BCUT2D eigenvalue weighted by molar-refractivity contribution is 7.99. The second kappa shape index (κ2) is 7.54. The standard InChI is InChI=1S/C19H19FN2OS2/c1-4-22-16-9-8-14(20)11-17(16)25-19(22)21-18(23)13-6-5-7-15(10-13)24-12(2)3/h5-12H,4H2,1-3H3. The molecule has 0 spiro atoms. The lowest BCUT2D eigenvalue weighted by Gasteiger charge is -2.05. The second-order valence-corrected chi connectivity index (χ2v) is 8.51. The fourth-order valence-corrected chi connectivity index (χ4v) is 4.58. The molecular weight excluding hydrogens is 355 g/mol. The van der Waals surface area contributed by atoms with Crippen LogP contribution in [0.2, 0.25) is 0 Å². The zero-order valence-corrected chi connectivity index (χ0v) is 16.0. The molecule has 0 unspecified atom stereocenters. The molecule has 6 heteroatoms. The quantitative estimate of drug-likeness (QED) is 0.595. The number of rotatable bonds is 4. The first-order valence-electron chi connectivity index (χ1n) is 8.12. The lowest BCUT2D eigenvalue weighted by molar-refractivity contribution is 0.0997. The third-order valence-corrected chi connectivity index (χ3v) is 5.65. The molecule has 130 valence electrons. The molecule has 0 aliphatic rings. The average Bonchev–Trinajstić information content (AvgIpc) is 2.90. The number of thioether (sulfide) groups is 1. The lowest BCUT2D eigenvalue weighted by Crippen LogP contribution is -2.15. The largest absolute Gasteiger partial charge is 0.317 e. The number of nitrogens with zero attached hydrogens (tertiary/aromatic N) is 2. The van der Waals surface area contributed by atoms with E-state index in [0.29, 0.717) is 22.2 Å². The Hall–Kier alpha value is -1.92. The van der Waals surface area contributed by atoms with Gasteiger partial charge in [0.15, 0.2) is 4.80 Å². The normalized spacial score (nSPS) is 12.3. The third kappa shape index (κ3) is 4.02. The number of aryl methyl sites for hydroxylation is 1. The van der Waals surface area contributed by atoms with Crippen LogP contribution >= 0.6 is 23.1 Å². The van der Waals surface area contributed by atoms with Gasteiger partial charge in [0.25, 0.3) is 5.91 Å². The van der Waals surface area contributed by atoms with Crippen LogP contribution < -0.4 is 4.80 Å². The van der Waals surface area contributed by atoms with Crippen molar-refractivity contribution in [1.29, 1.82) is 0 Å². The summed E-state index contributed by atoms with van der Waals surface area (Å²) in [6.45, 7) is 6.88. The summed E-state index contributed by atoms with van der Waals surface area (Å²) in [5.41, 5.74) is 1.46. The number of benzene rings is 2. The molecule has 0 aliphatic heterocycles. The first kappa shape index (κ1) is 17.9. The zero-order valence-electron chi connectivity index (χ0n) is 14.3. The summed E-state index contributed by atoms with van der Waals surface area (Å²) in [6.07, 6.45) is 0. The van der Waals surface area contributed by atoms with Gasteiger partial charge in [0, 0.05) is 22.3 Å². The van der Waals surface area contributed by atoms with E-state index < -0.39 is 0 Å². The number of hydrogen-bond donors (Lipinski definition) is 0. The number of aromatic nitrogens is 1. The van der Waals surface area contributed by atoms with E-state index in [1.807, 2.05) is 29.7 Å². The highest BCUT2D eigenvalue weighted by Crippen LogP contribution is 2.24. The molecule has 1 heterocycles. The Labute approximate surface area is 154 Å². The van der Waals surface area contributed by atoms with E-state index in [9.17, 15) is 9.18 Å². The van der Waals surface area contributed by atoms with E-state index in [4.69, 9.17) is 0 Å². The van der Waals surface area contributed by atoms with Crippen molar-refractivity contribution in [2.45, 2.75) is 37.5 Å². The van der Waals surface area contributed by atoms with Crippen molar-refractivity contribution in [2.24, 2.45) is 4.99 Å². The SMILES string of the molecule is CCn1c(=NC(=O)c2cccc(SC(C)C)c2)sc2cc(F)ccc21. The van der Waals surface area contributed by atoms with E-state index in [-0.39, 0.29) is 11.7 Å². The molecule has 1 amide bonds. The van der Waals surface area contributed by atoms with Crippen LogP contribution in [0.15, 0.2) is 52.4 Å². The molecule has 0 atom stereocenters.